The molecule has 0 saturated carbocycles. The molecule has 0 aromatic heterocycles. The van der Waals surface area contributed by atoms with Crippen LogP contribution in [-0.4, -0.2) is 0 Å². The lowest BCUT2D eigenvalue weighted by molar-refractivity contribution is 1.12. The molecule has 0 nitrogen and oxygen atoms in total. The van der Waals surface area contributed by atoms with Crippen molar-refractivity contribution < 1.29 is 0 Å². The van der Waals surface area contributed by atoms with Gasteiger partial charge < -0.3 is 0 Å². The molecule has 0 heterocycles. The van der Waals surface area contributed by atoms with Gasteiger partial charge in [0.05, 0.1) is 0 Å². The fourth-order valence-corrected chi connectivity index (χ4v) is 1.21. The molecule has 1 aliphatic rings. The quantitative estimate of drug-likeness (QED) is 0.461. The molecule has 9 heavy (non-hydrogen) atoms. The standard InChI is InChI=1S/C9H12/c1-7-4-8(2)6-9(3)5-7/h4,6H,1,5H2,2-3H3. The van der Waals surface area contributed by atoms with Crippen LogP contribution in [0.2, 0.25) is 0 Å². The predicted octanol–water partition coefficient (Wildman–Crippen LogP) is 2.84. The SMILES string of the molecule is C=C1C=C(C)C=C(C)C1. The highest BCUT2D eigenvalue weighted by Gasteiger charge is 1.99. The van der Waals surface area contributed by atoms with Crippen LogP contribution in [0, 0.1) is 0 Å². The monoisotopic (exact) mass is 120 g/mol. The van der Waals surface area contributed by atoms with Crippen molar-refractivity contribution in [1.82, 2.24) is 0 Å². The Balaban J connectivity index is 2.86. The van der Waals surface area contributed by atoms with Crippen LogP contribution in [-0.2, 0) is 0 Å². The van der Waals surface area contributed by atoms with Gasteiger partial charge in [-0.3, -0.25) is 0 Å². The molecule has 1 aliphatic carbocycles. The number of rotatable bonds is 0. The van der Waals surface area contributed by atoms with Gasteiger partial charge in [0.1, 0.15) is 0 Å². The molecular formula is C9H12. The van der Waals surface area contributed by atoms with E-state index in [-0.39, 0.29) is 0 Å². The highest BCUT2D eigenvalue weighted by Crippen LogP contribution is 2.19. The van der Waals surface area contributed by atoms with Crippen LogP contribution < -0.4 is 0 Å². The van der Waals surface area contributed by atoms with E-state index in [0.29, 0.717) is 0 Å². The van der Waals surface area contributed by atoms with Crippen LogP contribution in [0.3, 0.4) is 0 Å². The van der Waals surface area contributed by atoms with Crippen LogP contribution in [0.25, 0.3) is 0 Å². The molecule has 0 N–H and O–H groups in total. The molecule has 0 saturated heterocycles. The van der Waals surface area contributed by atoms with E-state index in [1.54, 1.807) is 0 Å². The van der Waals surface area contributed by atoms with E-state index in [2.05, 4.69) is 32.6 Å². The Morgan fingerprint density at radius 2 is 2.00 bits per heavy atom. The van der Waals surface area contributed by atoms with Crippen LogP contribution in [0.15, 0.2) is 35.5 Å². The Kier molecular flexibility index (Phi) is 1.56. The van der Waals surface area contributed by atoms with Crippen molar-refractivity contribution in [2.24, 2.45) is 0 Å². The summed E-state index contributed by atoms with van der Waals surface area (Å²) in [6, 6.07) is 0. The molecule has 0 heteroatoms. The van der Waals surface area contributed by atoms with Crippen molar-refractivity contribution in [3.05, 3.63) is 35.5 Å². The summed E-state index contributed by atoms with van der Waals surface area (Å²) < 4.78 is 0. The van der Waals surface area contributed by atoms with Gasteiger partial charge in [0.15, 0.2) is 0 Å². The Hall–Kier alpha value is -0.780. The first-order valence-electron chi connectivity index (χ1n) is 3.22. The topological polar surface area (TPSA) is 0 Å². The minimum atomic E-state index is 1.05. The van der Waals surface area contributed by atoms with Crippen molar-refractivity contribution in [2.75, 3.05) is 0 Å². The Morgan fingerprint density at radius 1 is 1.33 bits per heavy atom. The van der Waals surface area contributed by atoms with Gasteiger partial charge in [-0.1, -0.05) is 35.5 Å². The van der Waals surface area contributed by atoms with Crippen LogP contribution in [0.5, 0.6) is 0 Å². The lowest BCUT2D eigenvalue weighted by atomic mass is 9.98. The third-order valence-electron chi connectivity index (χ3n) is 1.41. The Morgan fingerprint density at radius 3 is 2.44 bits per heavy atom. The lowest BCUT2D eigenvalue weighted by Gasteiger charge is -2.08. The summed E-state index contributed by atoms with van der Waals surface area (Å²) in [6.07, 6.45) is 5.39. The summed E-state index contributed by atoms with van der Waals surface area (Å²) in [5, 5.41) is 0. The third kappa shape index (κ3) is 1.56. The molecule has 0 aliphatic heterocycles. The van der Waals surface area contributed by atoms with Crippen molar-refractivity contribution in [1.29, 1.82) is 0 Å². The smallest absolute Gasteiger partial charge is 0.00724 e. The first-order chi connectivity index (χ1) is 4.18. The van der Waals surface area contributed by atoms with Gasteiger partial charge in [0.2, 0.25) is 0 Å². The highest BCUT2D eigenvalue weighted by molar-refractivity contribution is 5.37. The normalized spacial score (nSPS) is 19.1. The van der Waals surface area contributed by atoms with Gasteiger partial charge in [0, 0.05) is 0 Å². The fraction of sp³-hybridized carbons (Fsp3) is 0.333. The van der Waals surface area contributed by atoms with Gasteiger partial charge in [-0.2, -0.15) is 0 Å². The first kappa shape index (κ1) is 6.34. The largest absolute Gasteiger partial charge is 0.0955 e. The van der Waals surface area contributed by atoms with Crippen LogP contribution >= 0.6 is 0 Å². The summed E-state index contributed by atoms with van der Waals surface area (Å²) in [6.45, 7) is 8.14. The molecule has 0 spiro atoms. The van der Waals surface area contributed by atoms with E-state index in [9.17, 15) is 0 Å². The molecule has 0 atom stereocenters. The van der Waals surface area contributed by atoms with Gasteiger partial charge in [-0.05, 0) is 20.3 Å². The summed E-state index contributed by atoms with van der Waals surface area (Å²) in [5.41, 5.74) is 3.97. The maximum Gasteiger partial charge on any atom is -0.00724 e. The maximum absolute atomic E-state index is 3.90. The Bertz CT molecular complexity index is 192. The van der Waals surface area contributed by atoms with E-state index < -0.39 is 0 Å². The molecule has 0 aromatic rings. The van der Waals surface area contributed by atoms with E-state index >= 15 is 0 Å². The Labute approximate surface area is 56.6 Å². The van der Waals surface area contributed by atoms with Gasteiger partial charge >= 0.3 is 0 Å². The van der Waals surface area contributed by atoms with Gasteiger partial charge in [-0.25, -0.2) is 0 Å². The number of hydrogen-bond donors (Lipinski definition) is 0. The number of allylic oxidation sites excluding steroid dienone is 5. The van der Waals surface area contributed by atoms with E-state index in [0.717, 1.165) is 6.42 Å². The van der Waals surface area contributed by atoms with E-state index in [1.807, 2.05) is 0 Å². The van der Waals surface area contributed by atoms with Gasteiger partial charge in [0.25, 0.3) is 0 Å². The highest BCUT2D eigenvalue weighted by atomic mass is 14.0. The molecule has 0 fully saturated rings. The average molecular weight is 120 g/mol. The first-order valence-corrected chi connectivity index (χ1v) is 3.22. The molecule has 0 amide bonds. The third-order valence-corrected chi connectivity index (χ3v) is 1.41. The molecule has 0 unspecified atom stereocenters. The second kappa shape index (κ2) is 2.22. The zero-order valence-corrected chi connectivity index (χ0v) is 6.07. The van der Waals surface area contributed by atoms with Crippen molar-refractivity contribution in [3.8, 4) is 0 Å². The zero-order valence-electron chi connectivity index (χ0n) is 6.07. The van der Waals surface area contributed by atoms with Crippen LogP contribution in [0.1, 0.15) is 20.3 Å². The van der Waals surface area contributed by atoms with Crippen molar-refractivity contribution in [2.45, 2.75) is 20.3 Å². The van der Waals surface area contributed by atoms with E-state index in [1.165, 1.54) is 16.7 Å². The summed E-state index contributed by atoms with van der Waals surface area (Å²) in [4.78, 5) is 0. The van der Waals surface area contributed by atoms with Crippen molar-refractivity contribution in [3.63, 3.8) is 0 Å². The zero-order chi connectivity index (χ0) is 6.85. The maximum atomic E-state index is 3.90. The molecule has 1 rings (SSSR count). The second-order valence-corrected chi connectivity index (χ2v) is 2.71. The molecule has 48 valence electrons. The summed E-state index contributed by atoms with van der Waals surface area (Å²) >= 11 is 0. The predicted molar refractivity (Wildman–Crippen MR) is 41.3 cm³/mol. The van der Waals surface area contributed by atoms with E-state index in [4.69, 9.17) is 0 Å². The molecule has 0 aromatic carbocycles. The van der Waals surface area contributed by atoms with Gasteiger partial charge in [-0.15, -0.1) is 0 Å². The minimum absolute atomic E-state index is 1.05. The van der Waals surface area contributed by atoms with Crippen molar-refractivity contribution >= 4 is 0 Å². The molecule has 0 radical (unpaired) electrons. The summed E-state index contributed by atoms with van der Waals surface area (Å²) in [7, 11) is 0. The number of hydrogen-bond acceptors (Lipinski definition) is 0. The minimum Gasteiger partial charge on any atom is -0.0955 e. The van der Waals surface area contributed by atoms with Crippen LogP contribution in [0.4, 0.5) is 0 Å². The second-order valence-electron chi connectivity index (χ2n) is 2.71. The summed E-state index contributed by atoms with van der Waals surface area (Å²) in [5.74, 6) is 0. The molecule has 0 bridgehead atoms. The fourth-order valence-electron chi connectivity index (χ4n) is 1.21. The lowest BCUT2D eigenvalue weighted by Crippen LogP contribution is -1.88. The molecular weight excluding hydrogens is 108 g/mol. The average Bonchev–Trinajstić information content (AvgIpc) is 1.59.